The number of aliphatic hydroxyl groups is 8. The van der Waals surface area contributed by atoms with Gasteiger partial charge in [0.05, 0.1) is 32.0 Å². The van der Waals surface area contributed by atoms with Gasteiger partial charge in [-0.1, -0.05) is 214 Å². The SMILES string of the molecule is CC/C=C\C/C=C\C/C=C\C/C=C\C/C=C\C/C=C\C/C=C\CCCCCCCCCC(=O)NC(COC1OC(CO)C(OC2OC(CO)C(O)C(O)C2O)C(O)C1O)C(O)/C=C/CCCCCCCCCCCCCC. The number of hydrogen-bond donors (Lipinski definition) is 9. The number of aliphatic hydroxyl groups excluding tert-OH is 8. The first-order valence-electron chi connectivity index (χ1n) is 30.0. The lowest BCUT2D eigenvalue weighted by Gasteiger charge is -2.46. The first-order chi connectivity index (χ1) is 37.6. The fourth-order valence-electron chi connectivity index (χ4n) is 9.21. The van der Waals surface area contributed by atoms with Gasteiger partial charge >= 0.3 is 0 Å². The third-order valence-corrected chi connectivity index (χ3v) is 14.0. The van der Waals surface area contributed by atoms with Crippen molar-refractivity contribution in [2.45, 2.75) is 274 Å². The second-order valence-corrected chi connectivity index (χ2v) is 20.7. The minimum Gasteiger partial charge on any atom is -0.394 e. The molecule has 442 valence electrons. The van der Waals surface area contributed by atoms with Crippen LogP contribution in [0.25, 0.3) is 0 Å². The van der Waals surface area contributed by atoms with Gasteiger partial charge in [0.2, 0.25) is 5.91 Å². The molecule has 12 atom stereocenters. The fourth-order valence-corrected chi connectivity index (χ4v) is 9.21. The molecule has 2 rings (SSSR count). The number of amides is 1. The zero-order valence-corrected chi connectivity index (χ0v) is 47.4. The van der Waals surface area contributed by atoms with Gasteiger partial charge in [0.15, 0.2) is 12.6 Å². The van der Waals surface area contributed by atoms with Crippen molar-refractivity contribution in [1.29, 1.82) is 0 Å². The van der Waals surface area contributed by atoms with Crippen LogP contribution in [0.15, 0.2) is 97.2 Å². The summed E-state index contributed by atoms with van der Waals surface area (Å²) in [5.41, 5.74) is 0. The Labute approximate surface area is 464 Å². The minimum absolute atomic E-state index is 0.255. The van der Waals surface area contributed by atoms with Crippen molar-refractivity contribution in [3.05, 3.63) is 97.2 Å². The number of unbranched alkanes of at least 4 members (excludes halogenated alkanes) is 19. The van der Waals surface area contributed by atoms with Gasteiger partial charge < -0.3 is 65.1 Å². The highest BCUT2D eigenvalue weighted by molar-refractivity contribution is 5.76. The van der Waals surface area contributed by atoms with Crippen LogP contribution < -0.4 is 5.32 Å². The Morgan fingerprint density at radius 1 is 0.481 bits per heavy atom. The topological polar surface area (TPSA) is 228 Å². The second kappa shape index (κ2) is 47.7. The van der Waals surface area contributed by atoms with E-state index in [1.807, 2.05) is 6.08 Å². The summed E-state index contributed by atoms with van der Waals surface area (Å²) in [5, 5.41) is 87.0. The van der Waals surface area contributed by atoms with Gasteiger partial charge in [-0.05, 0) is 77.0 Å². The van der Waals surface area contributed by atoms with Gasteiger partial charge in [0, 0.05) is 6.42 Å². The third-order valence-electron chi connectivity index (χ3n) is 14.0. The molecule has 0 aromatic carbocycles. The Bertz CT molecular complexity index is 1660. The van der Waals surface area contributed by atoms with E-state index in [1.54, 1.807) is 6.08 Å². The lowest BCUT2D eigenvalue weighted by Crippen LogP contribution is -2.65. The Morgan fingerprint density at radius 2 is 0.896 bits per heavy atom. The molecule has 12 unspecified atom stereocenters. The summed E-state index contributed by atoms with van der Waals surface area (Å²) < 4.78 is 22.7. The molecule has 2 aliphatic rings. The predicted molar refractivity (Wildman–Crippen MR) is 309 cm³/mol. The molecule has 9 N–H and O–H groups in total. The van der Waals surface area contributed by atoms with Gasteiger partial charge in [0.1, 0.15) is 48.8 Å². The number of carbonyl (C=O) groups is 1. The molecule has 2 heterocycles. The molecular weight excluding hydrogens is 979 g/mol. The van der Waals surface area contributed by atoms with Crippen molar-refractivity contribution in [3.8, 4) is 0 Å². The zero-order valence-electron chi connectivity index (χ0n) is 47.4. The van der Waals surface area contributed by atoms with Crippen LogP contribution in [0, 0.1) is 0 Å². The monoisotopic (exact) mass is 1090 g/mol. The van der Waals surface area contributed by atoms with Crippen LogP contribution in [-0.2, 0) is 23.7 Å². The lowest BCUT2D eigenvalue weighted by atomic mass is 9.97. The molecule has 0 aliphatic carbocycles. The molecule has 0 radical (unpaired) electrons. The minimum atomic E-state index is -1.79. The van der Waals surface area contributed by atoms with Gasteiger partial charge in [0.25, 0.3) is 0 Å². The van der Waals surface area contributed by atoms with Crippen molar-refractivity contribution in [1.82, 2.24) is 5.32 Å². The Hall–Kier alpha value is -3.09. The van der Waals surface area contributed by atoms with Crippen LogP contribution in [0.2, 0.25) is 0 Å². The average Bonchev–Trinajstić information content (AvgIpc) is 3.43. The normalized spacial score (nSPS) is 25.4. The van der Waals surface area contributed by atoms with Gasteiger partial charge in [-0.2, -0.15) is 0 Å². The summed E-state index contributed by atoms with van der Waals surface area (Å²) in [6.07, 6.45) is 48.7. The lowest BCUT2D eigenvalue weighted by molar-refractivity contribution is -0.359. The van der Waals surface area contributed by atoms with E-state index in [-0.39, 0.29) is 18.9 Å². The van der Waals surface area contributed by atoms with E-state index < -0.39 is 86.8 Å². The summed E-state index contributed by atoms with van der Waals surface area (Å²) in [6.45, 7) is 2.66. The van der Waals surface area contributed by atoms with Crippen molar-refractivity contribution in [2.24, 2.45) is 0 Å². The van der Waals surface area contributed by atoms with Crippen LogP contribution in [0.1, 0.15) is 200 Å². The van der Waals surface area contributed by atoms with E-state index in [1.165, 1.54) is 70.6 Å². The van der Waals surface area contributed by atoms with E-state index in [9.17, 15) is 45.6 Å². The molecule has 77 heavy (non-hydrogen) atoms. The molecule has 0 bridgehead atoms. The molecule has 2 fully saturated rings. The van der Waals surface area contributed by atoms with E-state index in [0.29, 0.717) is 6.42 Å². The van der Waals surface area contributed by atoms with Gasteiger partial charge in [-0.15, -0.1) is 0 Å². The second-order valence-electron chi connectivity index (χ2n) is 20.7. The van der Waals surface area contributed by atoms with Crippen molar-refractivity contribution < 1.29 is 64.6 Å². The number of hydrogen-bond acceptors (Lipinski definition) is 13. The predicted octanol–water partition coefficient (Wildman–Crippen LogP) is 10.3. The fraction of sp³-hybridized carbons (Fsp3) is 0.730. The molecule has 1 amide bonds. The number of rotatable bonds is 46. The first-order valence-corrected chi connectivity index (χ1v) is 30.0. The third kappa shape index (κ3) is 33.3. The average molecular weight is 1090 g/mol. The number of allylic oxidation sites excluding steroid dienone is 15. The number of nitrogens with one attached hydrogen (secondary N) is 1. The van der Waals surface area contributed by atoms with Gasteiger partial charge in [-0.25, -0.2) is 0 Å². The summed E-state index contributed by atoms with van der Waals surface area (Å²) in [6, 6.07) is -0.927. The summed E-state index contributed by atoms with van der Waals surface area (Å²) >= 11 is 0. The Kier molecular flexibility index (Phi) is 43.4. The van der Waals surface area contributed by atoms with E-state index in [4.69, 9.17) is 18.9 Å². The van der Waals surface area contributed by atoms with Crippen LogP contribution >= 0.6 is 0 Å². The maximum Gasteiger partial charge on any atom is 0.220 e. The molecule has 0 aromatic heterocycles. The molecule has 2 saturated heterocycles. The highest BCUT2D eigenvalue weighted by Crippen LogP contribution is 2.30. The zero-order chi connectivity index (χ0) is 56.0. The van der Waals surface area contributed by atoms with Gasteiger partial charge in [-0.3, -0.25) is 4.79 Å². The maximum absolute atomic E-state index is 13.3. The van der Waals surface area contributed by atoms with Crippen LogP contribution in [0.4, 0.5) is 0 Å². The van der Waals surface area contributed by atoms with E-state index in [2.05, 4.69) is 104 Å². The highest BCUT2D eigenvalue weighted by atomic mass is 16.7. The molecule has 14 nitrogen and oxygen atoms in total. The summed E-state index contributed by atoms with van der Waals surface area (Å²) in [7, 11) is 0. The summed E-state index contributed by atoms with van der Waals surface area (Å²) in [5.74, 6) is -0.255. The molecule has 14 heteroatoms. The standard InChI is InChI=1S/C63H107NO13/c1-3-5-7-9-11-13-15-17-19-20-21-22-23-24-25-26-27-28-29-30-31-32-33-35-37-39-41-43-45-47-55(68)64-51(52(67)46-44-42-40-38-36-34-18-16-14-12-10-8-6-4-2)50-74-62-60(73)58(71)61(54(49-66)76-62)77-63-59(72)57(70)56(69)53(48-65)75-63/h5,7,11,13,17,19,21-22,24-25,27-28,30-31,44,46,51-54,56-63,65-67,69-73H,3-4,6,8-10,12,14-16,18,20,23,26,29,32-43,45,47-50H2,1-2H3,(H,64,68)/b7-5-,13-11-,19-17-,22-21-,25-24-,28-27-,31-30-,46-44+. The van der Waals surface area contributed by atoms with Crippen molar-refractivity contribution in [2.75, 3.05) is 19.8 Å². The van der Waals surface area contributed by atoms with Crippen molar-refractivity contribution in [3.63, 3.8) is 0 Å². The Morgan fingerprint density at radius 3 is 1.38 bits per heavy atom. The van der Waals surface area contributed by atoms with E-state index in [0.717, 1.165) is 103 Å². The Balaban J connectivity index is 1.73. The molecule has 0 saturated carbocycles. The van der Waals surface area contributed by atoms with Crippen LogP contribution in [-0.4, -0.2) is 140 Å². The first kappa shape index (κ1) is 70.0. The van der Waals surface area contributed by atoms with Crippen LogP contribution in [0.5, 0.6) is 0 Å². The molecule has 0 spiro atoms. The molecular formula is C63H107NO13. The van der Waals surface area contributed by atoms with Crippen molar-refractivity contribution >= 4 is 5.91 Å². The quantitative estimate of drug-likeness (QED) is 0.0205. The number of carbonyl (C=O) groups excluding carboxylic acids is 1. The molecule has 2 aliphatic heterocycles. The highest BCUT2D eigenvalue weighted by Gasteiger charge is 2.51. The largest absolute Gasteiger partial charge is 0.394 e. The summed E-state index contributed by atoms with van der Waals surface area (Å²) in [4.78, 5) is 13.3. The number of ether oxygens (including phenoxy) is 4. The van der Waals surface area contributed by atoms with E-state index >= 15 is 0 Å². The molecule has 0 aromatic rings. The van der Waals surface area contributed by atoms with Crippen LogP contribution in [0.3, 0.4) is 0 Å². The maximum atomic E-state index is 13.3. The smallest absolute Gasteiger partial charge is 0.220 e.